The van der Waals surface area contributed by atoms with Gasteiger partial charge in [-0.1, -0.05) is 45.4 Å². The summed E-state index contributed by atoms with van der Waals surface area (Å²) in [7, 11) is 0. The van der Waals surface area contributed by atoms with Gasteiger partial charge in [0.15, 0.2) is 0 Å². The average molecular weight is 251 g/mol. The maximum absolute atomic E-state index is 2.74. The normalized spacial score (nSPS) is 22.5. The van der Waals surface area contributed by atoms with E-state index in [2.05, 4.69) is 11.8 Å². The largest absolute Gasteiger partial charge is 0.303 e. The van der Waals surface area contributed by atoms with Gasteiger partial charge in [-0.3, -0.25) is 0 Å². The van der Waals surface area contributed by atoms with Crippen LogP contribution in [0, 0.1) is 11.8 Å². The second-order valence-corrected chi connectivity index (χ2v) is 6.66. The molecule has 0 aromatic heterocycles. The number of hydrogen-bond acceptors (Lipinski definition) is 1. The summed E-state index contributed by atoms with van der Waals surface area (Å²) in [5, 5.41) is 0. The number of rotatable bonds is 10. The molecular weight excluding hydrogens is 218 g/mol. The van der Waals surface area contributed by atoms with Crippen LogP contribution >= 0.6 is 0 Å². The molecule has 0 amide bonds. The van der Waals surface area contributed by atoms with E-state index in [4.69, 9.17) is 0 Å². The summed E-state index contributed by atoms with van der Waals surface area (Å²) in [4.78, 5) is 2.74. The zero-order valence-electron chi connectivity index (χ0n) is 12.5. The highest BCUT2D eigenvalue weighted by Crippen LogP contribution is 2.40. The fourth-order valence-corrected chi connectivity index (χ4v) is 3.53. The Bertz CT molecular complexity index is 204. The zero-order chi connectivity index (χ0) is 12.6. The van der Waals surface area contributed by atoms with Gasteiger partial charge in [0.1, 0.15) is 0 Å². The van der Waals surface area contributed by atoms with Crippen molar-refractivity contribution < 1.29 is 0 Å². The van der Waals surface area contributed by atoms with Crippen molar-refractivity contribution in [1.82, 2.24) is 4.90 Å². The van der Waals surface area contributed by atoms with Crippen LogP contribution in [0.3, 0.4) is 0 Å². The summed E-state index contributed by atoms with van der Waals surface area (Å²) in [6.07, 6.45) is 16.3. The van der Waals surface area contributed by atoms with Gasteiger partial charge in [0.2, 0.25) is 0 Å². The highest BCUT2D eigenvalue weighted by Gasteiger charge is 2.32. The Balaban J connectivity index is 1.55. The molecule has 0 bridgehead atoms. The van der Waals surface area contributed by atoms with Crippen molar-refractivity contribution in [3.8, 4) is 0 Å². The molecular formula is C17H33N. The molecule has 1 aliphatic carbocycles. The summed E-state index contributed by atoms with van der Waals surface area (Å²) in [6, 6.07) is 0. The quantitative estimate of drug-likeness (QED) is 0.501. The van der Waals surface area contributed by atoms with Crippen LogP contribution in [0.15, 0.2) is 0 Å². The fourth-order valence-electron chi connectivity index (χ4n) is 3.53. The molecule has 1 saturated carbocycles. The molecule has 0 aromatic carbocycles. The first kappa shape index (κ1) is 14.4. The second-order valence-electron chi connectivity index (χ2n) is 6.66. The van der Waals surface area contributed by atoms with Crippen LogP contribution in [0.25, 0.3) is 0 Å². The summed E-state index contributed by atoms with van der Waals surface area (Å²) in [6.45, 7) is 6.51. The monoisotopic (exact) mass is 251 g/mol. The minimum Gasteiger partial charge on any atom is -0.303 e. The first-order valence-electron chi connectivity index (χ1n) is 8.62. The first-order chi connectivity index (χ1) is 8.90. The minimum atomic E-state index is 1.05. The Morgan fingerprint density at radius 2 is 1.61 bits per heavy atom. The smallest absolute Gasteiger partial charge is 0.00123 e. The van der Waals surface area contributed by atoms with Crippen molar-refractivity contribution in [2.75, 3.05) is 19.6 Å². The van der Waals surface area contributed by atoms with Crippen LogP contribution in [0.1, 0.15) is 77.6 Å². The van der Waals surface area contributed by atoms with Crippen molar-refractivity contribution in [2.24, 2.45) is 11.8 Å². The maximum atomic E-state index is 2.74. The summed E-state index contributed by atoms with van der Waals surface area (Å²) in [5.74, 6) is 2.16. The van der Waals surface area contributed by atoms with Gasteiger partial charge in [0.05, 0.1) is 0 Å². The lowest BCUT2D eigenvalue weighted by molar-refractivity contribution is 0.245. The van der Waals surface area contributed by atoms with Crippen LogP contribution in [-0.4, -0.2) is 24.5 Å². The second kappa shape index (κ2) is 8.19. The van der Waals surface area contributed by atoms with Crippen LogP contribution in [0.2, 0.25) is 0 Å². The maximum Gasteiger partial charge on any atom is 0.00123 e. The zero-order valence-corrected chi connectivity index (χ0v) is 12.5. The molecule has 1 aliphatic heterocycles. The lowest BCUT2D eigenvalue weighted by atomic mass is 9.95. The minimum absolute atomic E-state index is 1.05. The van der Waals surface area contributed by atoms with E-state index >= 15 is 0 Å². The van der Waals surface area contributed by atoms with E-state index in [1.807, 2.05) is 0 Å². The van der Waals surface area contributed by atoms with Gasteiger partial charge in [0, 0.05) is 6.54 Å². The van der Waals surface area contributed by atoms with Crippen LogP contribution in [-0.2, 0) is 0 Å². The molecule has 2 fully saturated rings. The van der Waals surface area contributed by atoms with E-state index in [-0.39, 0.29) is 0 Å². The SMILES string of the molecule is CCCCCCCCC(CN1CCCC1)C1CC1. The molecule has 18 heavy (non-hydrogen) atoms. The molecule has 0 radical (unpaired) electrons. The van der Waals surface area contributed by atoms with Crippen molar-refractivity contribution in [1.29, 1.82) is 0 Å². The van der Waals surface area contributed by atoms with E-state index in [1.165, 1.54) is 90.3 Å². The number of unbranched alkanes of at least 4 members (excludes halogenated alkanes) is 5. The van der Waals surface area contributed by atoms with Crippen molar-refractivity contribution in [3.63, 3.8) is 0 Å². The molecule has 106 valence electrons. The third kappa shape index (κ3) is 5.30. The molecule has 0 aromatic rings. The van der Waals surface area contributed by atoms with Gasteiger partial charge in [0.25, 0.3) is 0 Å². The van der Waals surface area contributed by atoms with Crippen molar-refractivity contribution in [3.05, 3.63) is 0 Å². The third-order valence-corrected chi connectivity index (χ3v) is 4.91. The van der Waals surface area contributed by atoms with E-state index < -0.39 is 0 Å². The van der Waals surface area contributed by atoms with Gasteiger partial charge in [-0.05, 0) is 57.0 Å². The van der Waals surface area contributed by atoms with E-state index in [9.17, 15) is 0 Å². The van der Waals surface area contributed by atoms with Crippen LogP contribution in [0.5, 0.6) is 0 Å². The summed E-state index contributed by atoms with van der Waals surface area (Å²) in [5.41, 5.74) is 0. The molecule has 1 nitrogen and oxygen atoms in total. The number of likely N-dealkylation sites (tertiary alicyclic amines) is 1. The van der Waals surface area contributed by atoms with Crippen molar-refractivity contribution in [2.45, 2.75) is 77.6 Å². The highest BCUT2D eigenvalue weighted by molar-refractivity contribution is 4.84. The predicted octanol–water partition coefficient (Wildman–Crippen LogP) is 4.86. The first-order valence-corrected chi connectivity index (χ1v) is 8.62. The Kier molecular flexibility index (Phi) is 6.54. The molecule has 1 heteroatoms. The lowest BCUT2D eigenvalue weighted by Crippen LogP contribution is -2.27. The summed E-state index contributed by atoms with van der Waals surface area (Å²) >= 11 is 0. The van der Waals surface area contributed by atoms with Crippen LogP contribution < -0.4 is 0 Å². The van der Waals surface area contributed by atoms with Gasteiger partial charge >= 0.3 is 0 Å². The number of hydrogen-bond donors (Lipinski definition) is 0. The third-order valence-electron chi connectivity index (χ3n) is 4.91. The average Bonchev–Trinajstić information content (AvgIpc) is 3.10. The topological polar surface area (TPSA) is 3.24 Å². The molecule has 2 aliphatic rings. The molecule has 1 heterocycles. The van der Waals surface area contributed by atoms with Crippen LogP contribution in [0.4, 0.5) is 0 Å². The molecule has 1 atom stereocenters. The lowest BCUT2D eigenvalue weighted by Gasteiger charge is -2.23. The van der Waals surface area contributed by atoms with Crippen molar-refractivity contribution >= 4 is 0 Å². The van der Waals surface area contributed by atoms with E-state index in [0.717, 1.165) is 11.8 Å². The standard InChI is InChI=1S/C17H33N/c1-2-3-4-5-6-7-10-17(16-11-12-16)15-18-13-8-9-14-18/h16-17H,2-15H2,1H3. The predicted molar refractivity (Wildman–Crippen MR) is 79.9 cm³/mol. The molecule has 0 spiro atoms. The fraction of sp³-hybridized carbons (Fsp3) is 1.00. The molecule has 1 saturated heterocycles. The van der Waals surface area contributed by atoms with E-state index in [1.54, 1.807) is 0 Å². The Hall–Kier alpha value is -0.0400. The van der Waals surface area contributed by atoms with Gasteiger partial charge in [-0.15, -0.1) is 0 Å². The Morgan fingerprint density at radius 1 is 0.944 bits per heavy atom. The number of nitrogens with zero attached hydrogens (tertiary/aromatic N) is 1. The summed E-state index contributed by atoms with van der Waals surface area (Å²) < 4.78 is 0. The Labute approximate surface area is 114 Å². The Morgan fingerprint density at radius 3 is 2.28 bits per heavy atom. The molecule has 1 unspecified atom stereocenters. The van der Waals surface area contributed by atoms with Gasteiger partial charge in [-0.2, -0.15) is 0 Å². The highest BCUT2D eigenvalue weighted by atomic mass is 15.1. The van der Waals surface area contributed by atoms with Gasteiger partial charge in [-0.25, -0.2) is 0 Å². The molecule has 0 N–H and O–H groups in total. The molecule has 2 rings (SSSR count). The van der Waals surface area contributed by atoms with Gasteiger partial charge < -0.3 is 4.90 Å². The van der Waals surface area contributed by atoms with E-state index in [0.29, 0.717) is 0 Å².